The lowest BCUT2D eigenvalue weighted by Crippen LogP contribution is -2.00. The van der Waals surface area contributed by atoms with E-state index in [1.54, 1.807) is 30.5 Å². The molecule has 5 heteroatoms. The molecule has 0 N–H and O–H groups in total. The van der Waals surface area contributed by atoms with Crippen LogP contribution in [0.3, 0.4) is 0 Å². The monoisotopic (exact) mass is 355 g/mol. The van der Waals surface area contributed by atoms with Gasteiger partial charge in [0.05, 0.1) is 16.2 Å². The summed E-state index contributed by atoms with van der Waals surface area (Å²) in [5, 5.41) is 0. The van der Waals surface area contributed by atoms with Crippen molar-refractivity contribution >= 4 is 28.6 Å². The van der Waals surface area contributed by atoms with Crippen LogP contribution in [0.5, 0.6) is 11.6 Å². The molecule has 0 fully saturated rings. The quantitative estimate of drug-likeness (QED) is 0.627. The molecule has 0 amide bonds. The van der Waals surface area contributed by atoms with Gasteiger partial charge in [0.1, 0.15) is 5.75 Å². The third kappa shape index (κ3) is 2.98. The lowest BCUT2D eigenvalue weighted by Gasteiger charge is -2.06. The van der Waals surface area contributed by atoms with Gasteiger partial charge in [0.15, 0.2) is 0 Å². The molecule has 0 aliphatic carbocycles. The van der Waals surface area contributed by atoms with E-state index in [0.29, 0.717) is 17.2 Å². The maximum absolute atomic E-state index is 11.3. The smallest absolute Gasteiger partial charge is 0.337 e. The number of benzene rings is 1. The van der Waals surface area contributed by atoms with E-state index in [0.717, 1.165) is 3.57 Å². The van der Waals surface area contributed by atoms with Crippen molar-refractivity contribution in [3.63, 3.8) is 0 Å². The van der Waals surface area contributed by atoms with Gasteiger partial charge in [-0.15, -0.1) is 0 Å². The number of ether oxygens (including phenoxy) is 2. The maximum Gasteiger partial charge on any atom is 0.337 e. The molecule has 0 aliphatic heterocycles. The molecule has 0 spiro atoms. The number of carbonyl (C=O) groups excluding carboxylic acids is 1. The van der Waals surface area contributed by atoms with Crippen LogP contribution in [0, 0.1) is 3.57 Å². The van der Waals surface area contributed by atoms with Gasteiger partial charge in [-0.25, -0.2) is 9.78 Å². The highest BCUT2D eigenvalue weighted by Crippen LogP contribution is 2.24. The highest BCUT2D eigenvalue weighted by atomic mass is 127. The van der Waals surface area contributed by atoms with Crippen molar-refractivity contribution in [1.82, 2.24) is 4.98 Å². The van der Waals surface area contributed by atoms with Crippen LogP contribution in [-0.2, 0) is 4.74 Å². The van der Waals surface area contributed by atoms with Crippen molar-refractivity contribution in [2.45, 2.75) is 0 Å². The van der Waals surface area contributed by atoms with Gasteiger partial charge in [-0.2, -0.15) is 0 Å². The molecule has 1 aromatic carbocycles. The summed E-state index contributed by atoms with van der Waals surface area (Å²) in [6, 6.07) is 10.5. The molecule has 18 heavy (non-hydrogen) atoms. The fourth-order valence-electron chi connectivity index (χ4n) is 1.33. The summed E-state index contributed by atoms with van der Waals surface area (Å²) in [6.07, 6.45) is 1.67. The number of aromatic nitrogens is 1. The molecule has 1 heterocycles. The summed E-state index contributed by atoms with van der Waals surface area (Å²) in [7, 11) is 1.35. The SMILES string of the molecule is COC(=O)c1ccc(Oc2ncccc2I)cc1. The van der Waals surface area contributed by atoms with Crippen LogP contribution >= 0.6 is 22.6 Å². The van der Waals surface area contributed by atoms with Crippen LogP contribution in [0.15, 0.2) is 42.6 Å². The highest BCUT2D eigenvalue weighted by Gasteiger charge is 2.06. The first-order valence-electron chi connectivity index (χ1n) is 5.17. The van der Waals surface area contributed by atoms with E-state index in [1.807, 2.05) is 12.1 Å². The van der Waals surface area contributed by atoms with Crippen LogP contribution < -0.4 is 4.74 Å². The number of rotatable bonds is 3. The van der Waals surface area contributed by atoms with Crippen molar-refractivity contribution in [3.8, 4) is 11.6 Å². The first-order valence-corrected chi connectivity index (χ1v) is 6.25. The molecule has 0 aliphatic rings. The first kappa shape index (κ1) is 12.8. The zero-order chi connectivity index (χ0) is 13.0. The molecule has 2 aromatic rings. The van der Waals surface area contributed by atoms with Crippen molar-refractivity contribution in [1.29, 1.82) is 0 Å². The lowest BCUT2D eigenvalue weighted by molar-refractivity contribution is 0.0600. The summed E-state index contributed by atoms with van der Waals surface area (Å²) in [5.74, 6) is 0.803. The summed E-state index contributed by atoms with van der Waals surface area (Å²) < 4.78 is 11.2. The van der Waals surface area contributed by atoms with Crippen LogP contribution in [-0.4, -0.2) is 18.1 Å². The Bertz CT molecular complexity index is 554. The second-order valence-electron chi connectivity index (χ2n) is 3.41. The number of methoxy groups -OCH3 is 1. The van der Waals surface area contributed by atoms with Crippen LogP contribution in [0.4, 0.5) is 0 Å². The van der Waals surface area contributed by atoms with E-state index in [4.69, 9.17) is 4.74 Å². The topological polar surface area (TPSA) is 48.4 Å². The molecular formula is C13H10INO3. The molecule has 0 bridgehead atoms. The summed E-state index contributed by atoms with van der Waals surface area (Å²) in [6.45, 7) is 0. The second kappa shape index (κ2) is 5.81. The lowest BCUT2D eigenvalue weighted by atomic mass is 10.2. The molecule has 0 saturated carbocycles. The van der Waals surface area contributed by atoms with E-state index >= 15 is 0 Å². The largest absolute Gasteiger partial charge is 0.465 e. The number of esters is 1. The zero-order valence-electron chi connectivity index (χ0n) is 9.59. The molecule has 2 rings (SSSR count). The molecule has 0 saturated heterocycles. The Morgan fingerprint density at radius 1 is 1.22 bits per heavy atom. The van der Waals surface area contributed by atoms with Gasteiger partial charge in [0.25, 0.3) is 0 Å². The van der Waals surface area contributed by atoms with Gasteiger partial charge in [-0.05, 0) is 59.0 Å². The minimum Gasteiger partial charge on any atom is -0.465 e. The Morgan fingerprint density at radius 3 is 2.56 bits per heavy atom. The minimum absolute atomic E-state index is 0.367. The van der Waals surface area contributed by atoms with Gasteiger partial charge in [-0.1, -0.05) is 0 Å². The zero-order valence-corrected chi connectivity index (χ0v) is 11.7. The number of hydrogen-bond donors (Lipinski definition) is 0. The predicted molar refractivity (Wildman–Crippen MR) is 74.8 cm³/mol. The van der Waals surface area contributed by atoms with E-state index in [9.17, 15) is 4.79 Å². The number of nitrogens with zero attached hydrogens (tertiary/aromatic N) is 1. The predicted octanol–water partition coefficient (Wildman–Crippen LogP) is 3.27. The normalized spacial score (nSPS) is 9.89. The molecule has 1 aromatic heterocycles. The van der Waals surface area contributed by atoms with Gasteiger partial charge in [0.2, 0.25) is 5.88 Å². The van der Waals surface area contributed by atoms with Crippen molar-refractivity contribution in [3.05, 3.63) is 51.7 Å². The maximum atomic E-state index is 11.3. The van der Waals surface area contributed by atoms with Crippen molar-refractivity contribution in [2.75, 3.05) is 7.11 Å². The standard InChI is InChI=1S/C13H10INO3/c1-17-13(16)9-4-6-10(7-5-9)18-12-11(14)3-2-8-15-12/h2-8H,1H3. The Balaban J connectivity index is 2.16. The number of hydrogen-bond acceptors (Lipinski definition) is 4. The third-order valence-electron chi connectivity index (χ3n) is 2.21. The third-order valence-corrected chi connectivity index (χ3v) is 3.04. The fourth-order valence-corrected chi connectivity index (χ4v) is 1.79. The Labute approximate surface area is 118 Å². The highest BCUT2D eigenvalue weighted by molar-refractivity contribution is 14.1. The minimum atomic E-state index is -0.367. The van der Waals surface area contributed by atoms with Gasteiger partial charge in [-0.3, -0.25) is 0 Å². The molecule has 0 radical (unpaired) electrons. The molecule has 4 nitrogen and oxygen atoms in total. The summed E-state index contributed by atoms with van der Waals surface area (Å²) in [4.78, 5) is 15.4. The number of pyridine rings is 1. The second-order valence-corrected chi connectivity index (χ2v) is 4.57. The fraction of sp³-hybridized carbons (Fsp3) is 0.0769. The molecular weight excluding hydrogens is 345 g/mol. The van der Waals surface area contributed by atoms with E-state index in [-0.39, 0.29) is 5.97 Å². The Hall–Kier alpha value is -1.63. The number of halogens is 1. The average Bonchev–Trinajstić information content (AvgIpc) is 2.41. The Kier molecular flexibility index (Phi) is 4.14. The summed E-state index contributed by atoms with van der Waals surface area (Å²) >= 11 is 2.15. The van der Waals surface area contributed by atoms with Crippen molar-refractivity contribution < 1.29 is 14.3 Å². The van der Waals surface area contributed by atoms with Gasteiger partial charge >= 0.3 is 5.97 Å². The number of carbonyl (C=O) groups is 1. The molecule has 0 unspecified atom stereocenters. The van der Waals surface area contributed by atoms with Gasteiger partial charge in [0, 0.05) is 6.20 Å². The van der Waals surface area contributed by atoms with Crippen molar-refractivity contribution in [2.24, 2.45) is 0 Å². The molecule has 0 atom stereocenters. The summed E-state index contributed by atoms with van der Waals surface area (Å²) in [5.41, 5.74) is 0.487. The first-order chi connectivity index (χ1) is 8.70. The van der Waals surface area contributed by atoms with Gasteiger partial charge < -0.3 is 9.47 Å². The Morgan fingerprint density at radius 2 is 1.94 bits per heavy atom. The van der Waals surface area contributed by atoms with E-state index in [2.05, 4.69) is 32.3 Å². The van der Waals surface area contributed by atoms with E-state index < -0.39 is 0 Å². The average molecular weight is 355 g/mol. The van der Waals surface area contributed by atoms with Crippen LogP contribution in [0.2, 0.25) is 0 Å². The van der Waals surface area contributed by atoms with Crippen LogP contribution in [0.1, 0.15) is 10.4 Å². The molecule has 92 valence electrons. The van der Waals surface area contributed by atoms with Crippen LogP contribution in [0.25, 0.3) is 0 Å². The van der Waals surface area contributed by atoms with E-state index in [1.165, 1.54) is 7.11 Å².